The fraction of sp³-hybridized carbons (Fsp3) is 0.407. The topological polar surface area (TPSA) is 112 Å². The van der Waals surface area contributed by atoms with E-state index >= 15 is 0 Å². The zero-order chi connectivity index (χ0) is 28.3. The molecule has 0 aliphatic heterocycles. The van der Waals surface area contributed by atoms with Crippen molar-refractivity contribution in [1.29, 1.82) is 0 Å². The number of carbonyl (C=O) groups is 2. The minimum atomic E-state index is -5.01. The van der Waals surface area contributed by atoms with Gasteiger partial charge in [0, 0.05) is 47.1 Å². The molecular formula is C27H30F4N2O5. The number of benzene rings is 2. The Balaban J connectivity index is 1.85. The molecule has 3 rings (SSSR count). The van der Waals surface area contributed by atoms with Crippen LogP contribution in [0.5, 0.6) is 5.75 Å². The van der Waals surface area contributed by atoms with Crippen LogP contribution < -0.4 is 10.1 Å². The predicted molar refractivity (Wildman–Crippen MR) is 133 cm³/mol. The summed E-state index contributed by atoms with van der Waals surface area (Å²) in [6.45, 7) is 3.12. The molecule has 1 atom stereocenters. The fourth-order valence-corrected chi connectivity index (χ4v) is 4.59. The summed E-state index contributed by atoms with van der Waals surface area (Å²) in [5.41, 5.74) is -3.48. The van der Waals surface area contributed by atoms with Crippen LogP contribution >= 0.6 is 0 Å². The minimum absolute atomic E-state index is 0.0919. The second kappa shape index (κ2) is 11.0. The Labute approximate surface area is 216 Å². The van der Waals surface area contributed by atoms with Gasteiger partial charge in [-0.3, -0.25) is 9.59 Å². The highest BCUT2D eigenvalue weighted by atomic mass is 19.4. The molecule has 0 fully saturated rings. The highest BCUT2D eigenvalue weighted by Gasteiger charge is 2.56. The number of H-pyrrole nitrogens is 1. The molecule has 0 aliphatic carbocycles. The van der Waals surface area contributed by atoms with Crippen molar-refractivity contribution in [3.05, 3.63) is 65.1 Å². The summed E-state index contributed by atoms with van der Waals surface area (Å²) >= 11 is 0. The first-order chi connectivity index (χ1) is 17.6. The molecule has 0 aliphatic rings. The number of hydrogen-bond acceptors (Lipinski definition) is 4. The molecule has 3 aromatic rings. The van der Waals surface area contributed by atoms with Crippen molar-refractivity contribution in [1.82, 2.24) is 10.3 Å². The van der Waals surface area contributed by atoms with Crippen LogP contribution in [-0.2, 0) is 16.6 Å². The smallest absolute Gasteiger partial charge is 0.417 e. The zero-order valence-electron chi connectivity index (χ0n) is 21.2. The molecule has 1 unspecified atom stereocenters. The van der Waals surface area contributed by atoms with Gasteiger partial charge in [-0.05, 0) is 60.7 Å². The van der Waals surface area contributed by atoms with Crippen LogP contribution in [0.25, 0.3) is 10.9 Å². The number of aromatic nitrogens is 1. The molecule has 1 aromatic heterocycles. The van der Waals surface area contributed by atoms with Gasteiger partial charge in [0.15, 0.2) is 5.60 Å². The molecule has 0 spiro atoms. The van der Waals surface area contributed by atoms with E-state index in [9.17, 15) is 32.3 Å². The van der Waals surface area contributed by atoms with E-state index in [1.807, 2.05) is 0 Å². The van der Waals surface area contributed by atoms with Crippen LogP contribution in [0.1, 0.15) is 54.7 Å². The number of carbonyl (C=O) groups excluding carboxylic acids is 1. The Morgan fingerprint density at radius 1 is 1.08 bits per heavy atom. The largest absolute Gasteiger partial charge is 0.496 e. The van der Waals surface area contributed by atoms with Gasteiger partial charge in [0.2, 0.25) is 0 Å². The van der Waals surface area contributed by atoms with E-state index in [1.165, 1.54) is 45.2 Å². The number of aliphatic carboxylic acids is 1. The van der Waals surface area contributed by atoms with Gasteiger partial charge in [0.05, 0.1) is 7.11 Å². The molecule has 0 bridgehead atoms. The molecule has 0 radical (unpaired) electrons. The summed E-state index contributed by atoms with van der Waals surface area (Å²) in [5, 5.41) is 22.7. The Morgan fingerprint density at radius 3 is 2.42 bits per heavy atom. The van der Waals surface area contributed by atoms with Gasteiger partial charge in [-0.25, -0.2) is 4.39 Å². The van der Waals surface area contributed by atoms with E-state index in [0.29, 0.717) is 10.9 Å². The molecule has 0 saturated heterocycles. The van der Waals surface area contributed by atoms with E-state index in [4.69, 9.17) is 9.84 Å². The van der Waals surface area contributed by atoms with Crippen LogP contribution in [0.15, 0.2) is 42.5 Å². The maximum atomic E-state index is 14.3. The van der Waals surface area contributed by atoms with Crippen LogP contribution in [0.3, 0.4) is 0 Å². The summed E-state index contributed by atoms with van der Waals surface area (Å²) in [5.74, 6) is -1.85. The number of rotatable bonds is 11. The summed E-state index contributed by atoms with van der Waals surface area (Å²) in [7, 11) is 1.33. The number of halogens is 4. The Bertz CT molecular complexity index is 1320. The van der Waals surface area contributed by atoms with Crippen LogP contribution in [0, 0.1) is 5.82 Å². The number of aliphatic hydroxyl groups is 1. The first-order valence-corrected chi connectivity index (χ1v) is 11.9. The molecule has 1 amide bonds. The number of fused-ring (bicyclic) bond motifs is 1. The zero-order valence-corrected chi connectivity index (χ0v) is 21.2. The Hall–Kier alpha value is -3.60. The lowest BCUT2D eigenvalue weighted by molar-refractivity contribution is -0.266. The Kier molecular flexibility index (Phi) is 8.40. The SMILES string of the molecule is COc1ccc(F)cc1C(C)(C)CC(O)(Cc1cc2cc(C(=O)NCCCC(=O)O)ccc2[nH]1)C(F)(F)F. The average molecular weight is 539 g/mol. The molecule has 0 saturated carbocycles. The van der Waals surface area contributed by atoms with Gasteiger partial charge in [0.1, 0.15) is 11.6 Å². The molecule has 4 N–H and O–H groups in total. The van der Waals surface area contributed by atoms with Gasteiger partial charge in [0.25, 0.3) is 5.91 Å². The number of carboxylic acid groups (broad SMARTS) is 1. The fourth-order valence-electron chi connectivity index (χ4n) is 4.59. The number of amides is 1. The number of nitrogens with one attached hydrogen (secondary N) is 2. The van der Waals surface area contributed by atoms with Crippen LogP contribution in [0.4, 0.5) is 17.6 Å². The van der Waals surface area contributed by atoms with Gasteiger partial charge in [-0.15, -0.1) is 0 Å². The molecular weight excluding hydrogens is 508 g/mol. The van der Waals surface area contributed by atoms with Crippen LogP contribution in [-0.4, -0.2) is 52.5 Å². The minimum Gasteiger partial charge on any atom is -0.496 e. The molecule has 11 heteroatoms. The van der Waals surface area contributed by atoms with Crippen molar-refractivity contribution in [2.45, 2.75) is 56.7 Å². The number of carboxylic acids is 1. The van der Waals surface area contributed by atoms with E-state index in [1.54, 1.807) is 6.07 Å². The number of ether oxygens (including phenoxy) is 1. The standard InChI is InChI=1S/C27H30F4N2O5/c1-25(2,20-13-18(28)7-9-22(20)38-3)15-26(37,27(29,30)31)14-19-12-17-11-16(6-8-21(17)33-19)24(36)32-10-4-5-23(34)35/h6-9,11-13,33,37H,4-5,10,14-15H2,1-3H3,(H,32,36)(H,34,35). The lowest BCUT2D eigenvalue weighted by Gasteiger charge is -2.38. The first-order valence-electron chi connectivity index (χ1n) is 11.9. The maximum Gasteiger partial charge on any atom is 0.417 e. The van der Waals surface area contributed by atoms with Crippen molar-refractivity contribution >= 4 is 22.8 Å². The summed E-state index contributed by atoms with van der Waals surface area (Å²) in [6.07, 6.45) is -6.42. The number of alkyl halides is 3. The average Bonchev–Trinajstić information content (AvgIpc) is 3.21. The van der Waals surface area contributed by atoms with Crippen molar-refractivity contribution in [2.24, 2.45) is 0 Å². The van der Waals surface area contributed by atoms with Gasteiger partial charge in [-0.2, -0.15) is 13.2 Å². The number of methoxy groups -OCH3 is 1. The summed E-state index contributed by atoms with van der Waals surface area (Å²) < 4.78 is 62.0. The molecule has 2 aromatic carbocycles. The highest BCUT2D eigenvalue weighted by Crippen LogP contribution is 2.45. The summed E-state index contributed by atoms with van der Waals surface area (Å²) in [6, 6.07) is 9.54. The van der Waals surface area contributed by atoms with E-state index < -0.39 is 47.7 Å². The molecule has 7 nitrogen and oxygen atoms in total. The lowest BCUT2D eigenvalue weighted by Crippen LogP contribution is -2.51. The van der Waals surface area contributed by atoms with E-state index in [2.05, 4.69) is 10.3 Å². The van der Waals surface area contributed by atoms with Crippen molar-refractivity contribution in [3.8, 4) is 5.75 Å². The van der Waals surface area contributed by atoms with Gasteiger partial charge < -0.3 is 25.3 Å². The maximum absolute atomic E-state index is 14.3. The second-order valence-corrected chi connectivity index (χ2v) is 9.96. The quantitative estimate of drug-likeness (QED) is 0.200. The predicted octanol–water partition coefficient (Wildman–Crippen LogP) is 5.11. The third kappa shape index (κ3) is 6.63. The van der Waals surface area contributed by atoms with Crippen molar-refractivity contribution in [2.75, 3.05) is 13.7 Å². The monoisotopic (exact) mass is 538 g/mol. The van der Waals surface area contributed by atoms with E-state index in [0.717, 1.165) is 12.1 Å². The molecule has 206 valence electrons. The van der Waals surface area contributed by atoms with Crippen molar-refractivity contribution < 1.29 is 42.1 Å². The van der Waals surface area contributed by atoms with Crippen molar-refractivity contribution in [3.63, 3.8) is 0 Å². The number of hydrogen-bond donors (Lipinski definition) is 4. The highest BCUT2D eigenvalue weighted by molar-refractivity contribution is 5.98. The number of aromatic amines is 1. The van der Waals surface area contributed by atoms with Gasteiger partial charge in [-0.1, -0.05) is 13.8 Å². The third-order valence-electron chi connectivity index (χ3n) is 6.43. The molecule has 1 heterocycles. The Morgan fingerprint density at radius 2 is 1.79 bits per heavy atom. The van der Waals surface area contributed by atoms with E-state index in [-0.39, 0.29) is 42.0 Å². The third-order valence-corrected chi connectivity index (χ3v) is 6.43. The lowest BCUT2D eigenvalue weighted by atomic mass is 9.73. The second-order valence-electron chi connectivity index (χ2n) is 9.96. The summed E-state index contributed by atoms with van der Waals surface area (Å²) in [4.78, 5) is 25.8. The first kappa shape index (κ1) is 29.0. The van der Waals surface area contributed by atoms with Crippen LogP contribution in [0.2, 0.25) is 0 Å². The molecule has 38 heavy (non-hydrogen) atoms. The van der Waals surface area contributed by atoms with Gasteiger partial charge >= 0.3 is 12.1 Å². The normalized spacial score (nSPS) is 13.8.